The standard InChI is InChI=1S/C20H24FNO3/c1-12(2)20-15(11-25-24-3)18(13-7-9-14(21)10-8-13)19-16(22-20)5-4-6-17(19)23/h7-10,12,17,23H,4-6,11H2,1-3H3. The van der Waals surface area contributed by atoms with Crippen LogP contribution in [0.15, 0.2) is 24.3 Å². The van der Waals surface area contributed by atoms with E-state index in [9.17, 15) is 9.50 Å². The number of aliphatic hydroxyl groups excluding tert-OH is 1. The monoisotopic (exact) mass is 345 g/mol. The second kappa shape index (κ2) is 7.60. The highest BCUT2D eigenvalue weighted by atomic mass is 19.1. The zero-order valence-electron chi connectivity index (χ0n) is 14.9. The van der Waals surface area contributed by atoms with Crippen molar-refractivity contribution in [3.05, 3.63) is 52.6 Å². The van der Waals surface area contributed by atoms with Gasteiger partial charge in [-0.15, -0.1) is 0 Å². The van der Waals surface area contributed by atoms with E-state index in [0.29, 0.717) is 6.42 Å². The van der Waals surface area contributed by atoms with Crippen LogP contribution in [0.25, 0.3) is 11.1 Å². The van der Waals surface area contributed by atoms with E-state index in [-0.39, 0.29) is 18.3 Å². The molecule has 1 aliphatic carbocycles. The van der Waals surface area contributed by atoms with Gasteiger partial charge in [0.15, 0.2) is 0 Å². The molecule has 25 heavy (non-hydrogen) atoms. The van der Waals surface area contributed by atoms with E-state index in [1.54, 1.807) is 12.1 Å². The largest absolute Gasteiger partial charge is 0.388 e. The molecule has 0 fully saturated rings. The highest BCUT2D eigenvalue weighted by Crippen LogP contribution is 2.41. The molecular formula is C20H24FNO3. The van der Waals surface area contributed by atoms with Crippen LogP contribution in [0.2, 0.25) is 0 Å². The van der Waals surface area contributed by atoms with Gasteiger partial charge in [-0.3, -0.25) is 4.98 Å². The van der Waals surface area contributed by atoms with Crippen LogP contribution in [0.5, 0.6) is 0 Å². The lowest BCUT2D eigenvalue weighted by Gasteiger charge is -2.28. The number of nitrogens with zero attached hydrogens (tertiary/aromatic N) is 1. The van der Waals surface area contributed by atoms with E-state index in [4.69, 9.17) is 14.8 Å². The van der Waals surface area contributed by atoms with Crippen LogP contribution in [-0.2, 0) is 22.8 Å². The fraction of sp³-hybridized carbons (Fsp3) is 0.450. The first-order valence-electron chi connectivity index (χ1n) is 8.68. The molecule has 134 valence electrons. The molecule has 1 aromatic heterocycles. The van der Waals surface area contributed by atoms with Crippen molar-refractivity contribution in [1.29, 1.82) is 0 Å². The minimum absolute atomic E-state index is 0.194. The van der Waals surface area contributed by atoms with Crippen molar-refractivity contribution >= 4 is 0 Å². The summed E-state index contributed by atoms with van der Waals surface area (Å²) >= 11 is 0. The second-order valence-corrected chi connectivity index (χ2v) is 6.71. The Hall–Kier alpha value is -1.82. The molecule has 1 aromatic carbocycles. The highest BCUT2D eigenvalue weighted by molar-refractivity contribution is 5.73. The minimum atomic E-state index is -0.571. The van der Waals surface area contributed by atoms with Gasteiger partial charge in [0.05, 0.1) is 13.2 Å². The first-order chi connectivity index (χ1) is 12.0. The third kappa shape index (κ3) is 3.59. The number of fused-ring (bicyclic) bond motifs is 1. The summed E-state index contributed by atoms with van der Waals surface area (Å²) in [7, 11) is 1.47. The predicted molar refractivity (Wildman–Crippen MR) is 93.4 cm³/mol. The summed E-state index contributed by atoms with van der Waals surface area (Å²) in [4.78, 5) is 14.9. The SMILES string of the molecule is COOCc1c(C(C)C)nc2c(c1-c1ccc(F)cc1)C(O)CCC2. The Morgan fingerprint density at radius 1 is 1.28 bits per heavy atom. The fourth-order valence-electron chi connectivity index (χ4n) is 3.55. The number of rotatable bonds is 5. The van der Waals surface area contributed by atoms with Gasteiger partial charge in [0.25, 0.3) is 0 Å². The third-order valence-electron chi connectivity index (χ3n) is 4.67. The maximum atomic E-state index is 13.4. The van der Waals surface area contributed by atoms with Gasteiger partial charge in [0.2, 0.25) is 0 Å². The molecule has 1 aliphatic rings. The smallest absolute Gasteiger partial charge is 0.123 e. The zero-order chi connectivity index (χ0) is 18.0. The Kier molecular flexibility index (Phi) is 5.47. The first kappa shape index (κ1) is 18.0. The number of aliphatic hydroxyl groups is 1. The van der Waals surface area contributed by atoms with Crippen LogP contribution in [0.1, 0.15) is 61.2 Å². The van der Waals surface area contributed by atoms with Gasteiger partial charge in [0.1, 0.15) is 12.4 Å². The van der Waals surface area contributed by atoms with E-state index in [1.165, 1.54) is 19.2 Å². The molecule has 0 saturated heterocycles. The minimum Gasteiger partial charge on any atom is -0.388 e. The van der Waals surface area contributed by atoms with Gasteiger partial charge < -0.3 is 5.11 Å². The van der Waals surface area contributed by atoms with Crippen LogP contribution in [0.3, 0.4) is 0 Å². The topological polar surface area (TPSA) is 51.6 Å². The summed E-state index contributed by atoms with van der Waals surface area (Å²) in [6.07, 6.45) is 1.88. The maximum absolute atomic E-state index is 13.4. The number of pyridine rings is 1. The lowest BCUT2D eigenvalue weighted by atomic mass is 9.83. The van der Waals surface area contributed by atoms with Gasteiger partial charge in [-0.1, -0.05) is 26.0 Å². The van der Waals surface area contributed by atoms with Gasteiger partial charge in [-0.05, 0) is 48.4 Å². The van der Waals surface area contributed by atoms with Crippen LogP contribution < -0.4 is 0 Å². The summed E-state index contributed by atoms with van der Waals surface area (Å²) in [5.74, 6) is -0.0926. The maximum Gasteiger partial charge on any atom is 0.123 e. The van der Waals surface area contributed by atoms with E-state index in [1.807, 2.05) is 0 Å². The summed E-state index contributed by atoms with van der Waals surface area (Å²) in [6, 6.07) is 6.36. The van der Waals surface area contributed by atoms with Gasteiger partial charge >= 0.3 is 0 Å². The van der Waals surface area contributed by atoms with Crippen molar-refractivity contribution in [3.8, 4) is 11.1 Å². The molecule has 4 nitrogen and oxygen atoms in total. The summed E-state index contributed by atoms with van der Waals surface area (Å²) in [6.45, 7) is 4.39. The van der Waals surface area contributed by atoms with E-state index in [0.717, 1.165) is 46.5 Å². The molecule has 1 unspecified atom stereocenters. The molecule has 5 heteroatoms. The Morgan fingerprint density at radius 3 is 2.64 bits per heavy atom. The zero-order valence-corrected chi connectivity index (χ0v) is 14.9. The summed E-state index contributed by atoms with van der Waals surface area (Å²) < 4.78 is 13.4. The average Bonchev–Trinajstić information content (AvgIpc) is 2.60. The van der Waals surface area contributed by atoms with Crippen molar-refractivity contribution in [2.24, 2.45) is 0 Å². The Morgan fingerprint density at radius 2 is 2.00 bits per heavy atom. The van der Waals surface area contributed by atoms with Gasteiger partial charge in [0, 0.05) is 22.5 Å². The Labute approximate surface area is 147 Å². The lowest BCUT2D eigenvalue weighted by molar-refractivity contribution is -0.282. The summed E-state index contributed by atoms with van der Waals surface area (Å²) in [5.41, 5.74) is 5.36. The number of benzene rings is 1. The molecule has 0 amide bonds. The molecule has 0 spiro atoms. The van der Waals surface area contributed by atoms with Crippen LogP contribution in [-0.4, -0.2) is 17.2 Å². The average molecular weight is 345 g/mol. The highest BCUT2D eigenvalue weighted by Gasteiger charge is 2.28. The molecule has 0 bridgehead atoms. The Bertz CT molecular complexity index is 744. The first-order valence-corrected chi connectivity index (χ1v) is 8.68. The number of aromatic nitrogens is 1. The number of hydrogen-bond donors (Lipinski definition) is 1. The Balaban J connectivity index is 2.29. The van der Waals surface area contributed by atoms with Crippen LogP contribution in [0.4, 0.5) is 4.39 Å². The van der Waals surface area contributed by atoms with E-state index in [2.05, 4.69) is 13.8 Å². The predicted octanol–water partition coefficient (Wildman–Crippen LogP) is 4.46. The molecule has 3 rings (SSSR count). The van der Waals surface area contributed by atoms with Crippen molar-refractivity contribution in [2.75, 3.05) is 7.11 Å². The van der Waals surface area contributed by atoms with Gasteiger partial charge in [-0.2, -0.15) is 0 Å². The molecule has 0 saturated carbocycles. The van der Waals surface area contributed by atoms with Crippen LogP contribution in [0, 0.1) is 5.82 Å². The molecule has 0 aliphatic heterocycles. The van der Waals surface area contributed by atoms with Crippen molar-refractivity contribution in [2.45, 2.75) is 51.7 Å². The van der Waals surface area contributed by atoms with E-state index >= 15 is 0 Å². The molecular weight excluding hydrogens is 321 g/mol. The molecule has 1 atom stereocenters. The molecule has 0 radical (unpaired) electrons. The normalized spacial score (nSPS) is 17.0. The molecule has 1 N–H and O–H groups in total. The van der Waals surface area contributed by atoms with Crippen LogP contribution >= 0.6 is 0 Å². The number of halogens is 1. The quantitative estimate of drug-likeness (QED) is 0.642. The lowest BCUT2D eigenvalue weighted by Crippen LogP contribution is -2.18. The molecule has 1 heterocycles. The van der Waals surface area contributed by atoms with E-state index < -0.39 is 6.10 Å². The van der Waals surface area contributed by atoms with Gasteiger partial charge in [-0.25, -0.2) is 14.2 Å². The second-order valence-electron chi connectivity index (χ2n) is 6.71. The van der Waals surface area contributed by atoms with Crippen molar-refractivity contribution in [1.82, 2.24) is 4.98 Å². The van der Waals surface area contributed by atoms with Crippen molar-refractivity contribution < 1.29 is 19.3 Å². The van der Waals surface area contributed by atoms with Crippen molar-refractivity contribution in [3.63, 3.8) is 0 Å². The number of hydrogen-bond acceptors (Lipinski definition) is 4. The summed E-state index contributed by atoms with van der Waals surface area (Å²) in [5, 5.41) is 10.7. The fourth-order valence-corrected chi connectivity index (χ4v) is 3.55. The molecule has 2 aromatic rings. The third-order valence-corrected chi connectivity index (χ3v) is 4.67. The number of aryl methyl sites for hydroxylation is 1.